The van der Waals surface area contributed by atoms with Crippen LogP contribution in [0.3, 0.4) is 0 Å². The van der Waals surface area contributed by atoms with Crippen LogP contribution in [-0.2, 0) is 20.7 Å². The third-order valence-corrected chi connectivity index (χ3v) is 5.42. The van der Waals surface area contributed by atoms with Gasteiger partial charge in [0.2, 0.25) is 0 Å². The number of hydrogen-bond acceptors (Lipinski definition) is 4. The zero-order valence-electron chi connectivity index (χ0n) is 15.2. The summed E-state index contributed by atoms with van der Waals surface area (Å²) >= 11 is 0. The Morgan fingerprint density at radius 2 is 2.28 bits per heavy atom. The quantitative estimate of drug-likeness (QED) is 0.734. The molecule has 1 fully saturated rings. The van der Waals surface area contributed by atoms with Crippen LogP contribution in [0.5, 0.6) is 5.75 Å². The summed E-state index contributed by atoms with van der Waals surface area (Å²) in [5.74, 6) is 1.81. The van der Waals surface area contributed by atoms with Crippen molar-refractivity contribution in [2.75, 3.05) is 13.9 Å². The fraction of sp³-hybridized carbons (Fsp3) is 0.476. The molecule has 0 unspecified atom stereocenters. The molecular formula is C21H26O4. The van der Waals surface area contributed by atoms with Crippen molar-refractivity contribution in [3.63, 3.8) is 0 Å². The summed E-state index contributed by atoms with van der Waals surface area (Å²) < 4.78 is 17.1. The molecule has 2 aliphatic rings. The molecule has 0 spiro atoms. The van der Waals surface area contributed by atoms with Crippen molar-refractivity contribution < 1.29 is 19.0 Å². The molecule has 25 heavy (non-hydrogen) atoms. The molecule has 1 aromatic rings. The summed E-state index contributed by atoms with van der Waals surface area (Å²) in [6, 6.07) is 6.25. The number of methoxy groups -OCH3 is 1. The van der Waals surface area contributed by atoms with E-state index < -0.39 is 5.60 Å². The number of ether oxygens (including phenoxy) is 3. The van der Waals surface area contributed by atoms with E-state index in [1.165, 1.54) is 5.56 Å². The first-order chi connectivity index (χ1) is 12.0. The Balaban J connectivity index is 1.85. The SMILES string of the molecule is C=CC[C@H]1C[C@]2([C@@H](C)Cc3ccc(OC)c(C)c3)OCOC2=CC1=O. The van der Waals surface area contributed by atoms with E-state index >= 15 is 0 Å². The van der Waals surface area contributed by atoms with E-state index in [9.17, 15) is 4.79 Å². The van der Waals surface area contributed by atoms with Crippen LogP contribution in [0.25, 0.3) is 0 Å². The zero-order valence-corrected chi connectivity index (χ0v) is 15.2. The predicted molar refractivity (Wildman–Crippen MR) is 96.4 cm³/mol. The Morgan fingerprint density at radius 3 is 2.96 bits per heavy atom. The lowest BCUT2D eigenvalue weighted by molar-refractivity contribution is -0.123. The first-order valence-corrected chi connectivity index (χ1v) is 8.77. The number of allylic oxidation sites excluding steroid dienone is 2. The van der Waals surface area contributed by atoms with Crippen LogP contribution < -0.4 is 4.74 Å². The van der Waals surface area contributed by atoms with Gasteiger partial charge in [-0.3, -0.25) is 4.79 Å². The van der Waals surface area contributed by atoms with Crippen LogP contribution in [0.4, 0.5) is 0 Å². The Bertz CT molecular complexity index is 706. The average Bonchev–Trinajstić information content (AvgIpc) is 2.99. The highest BCUT2D eigenvalue weighted by molar-refractivity contribution is 5.93. The second-order valence-corrected chi connectivity index (χ2v) is 7.04. The van der Waals surface area contributed by atoms with Crippen LogP contribution in [0.15, 0.2) is 42.7 Å². The summed E-state index contributed by atoms with van der Waals surface area (Å²) in [6.07, 6.45) is 5.62. The lowest BCUT2D eigenvalue weighted by Gasteiger charge is -2.38. The van der Waals surface area contributed by atoms with Crippen LogP contribution >= 0.6 is 0 Å². The van der Waals surface area contributed by atoms with E-state index in [2.05, 4.69) is 25.6 Å². The number of hydrogen-bond donors (Lipinski definition) is 0. The maximum Gasteiger partial charge on any atom is 0.189 e. The molecule has 0 amide bonds. The van der Waals surface area contributed by atoms with Crippen molar-refractivity contribution in [3.8, 4) is 5.75 Å². The summed E-state index contributed by atoms with van der Waals surface area (Å²) in [7, 11) is 1.68. The highest BCUT2D eigenvalue weighted by Gasteiger charge is 2.51. The molecule has 134 valence electrons. The summed E-state index contributed by atoms with van der Waals surface area (Å²) in [5, 5.41) is 0. The molecule has 0 saturated carbocycles. The lowest BCUT2D eigenvalue weighted by Crippen LogP contribution is -2.44. The molecule has 1 heterocycles. The normalized spacial score (nSPS) is 26.4. The smallest absolute Gasteiger partial charge is 0.189 e. The highest BCUT2D eigenvalue weighted by Crippen LogP contribution is 2.46. The van der Waals surface area contributed by atoms with Gasteiger partial charge in [-0.1, -0.05) is 25.1 Å². The molecule has 4 heteroatoms. The summed E-state index contributed by atoms with van der Waals surface area (Å²) in [6.45, 7) is 8.21. The molecule has 3 atom stereocenters. The van der Waals surface area contributed by atoms with Gasteiger partial charge in [0.15, 0.2) is 12.6 Å². The second kappa shape index (κ2) is 7.04. The predicted octanol–water partition coefficient (Wildman–Crippen LogP) is 3.97. The number of carbonyl (C=O) groups is 1. The Morgan fingerprint density at radius 1 is 1.48 bits per heavy atom. The molecular weight excluding hydrogens is 316 g/mol. The van der Waals surface area contributed by atoms with Gasteiger partial charge in [0.05, 0.1) is 7.11 Å². The minimum absolute atomic E-state index is 0.0806. The highest BCUT2D eigenvalue weighted by atomic mass is 16.7. The van der Waals surface area contributed by atoms with Gasteiger partial charge < -0.3 is 14.2 Å². The van der Waals surface area contributed by atoms with Gasteiger partial charge in [-0.05, 0) is 49.3 Å². The van der Waals surface area contributed by atoms with E-state index in [4.69, 9.17) is 14.2 Å². The Hall–Kier alpha value is -2.07. The number of carbonyl (C=O) groups excluding carboxylic acids is 1. The van der Waals surface area contributed by atoms with Gasteiger partial charge in [-0.15, -0.1) is 6.58 Å². The molecule has 4 nitrogen and oxygen atoms in total. The van der Waals surface area contributed by atoms with E-state index in [1.807, 2.05) is 19.1 Å². The Kier molecular flexibility index (Phi) is 5.00. The number of rotatable bonds is 6. The lowest BCUT2D eigenvalue weighted by atomic mass is 9.71. The molecule has 1 aliphatic heterocycles. The van der Waals surface area contributed by atoms with E-state index in [0.717, 1.165) is 17.7 Å². The Labute approximate surface area is 149 Å². The van der Waals surface area contributed by atoms with Crippen molar-refractivity contribution in [2.24, 2.45) is 11.8 Å². The van der Waals surface area contributed by atoms with Crippen LogP contribution in [0.1, 0.15) is 30.9 Å². The standard InChI is InChI=1S/C21H26O4/c1-5-6-17-12-21(20(11-18(17)22)24-13-25-21)15(3)10-16-7-8-19(23-4)14(2)9-16/h5,7-9,11,15,17H,1,6,10,12-13H2,2-4H3/t15-,17-,21+/m0/s1. The van der Waals surface area contributed by atoms with Gasteiger partial charge in [-0.25, -0.2) is 0 Å². The number of aryl methyl sites for hydroxylation is 1. The minimum Gasteiger partial charge on any atom is -0.496 e. The van der Waals surface area contributed by atoms with Crippen molar-refractivity contribution in [1.29, 1.82) is 0 Å². The van der Waals surface area contributed by atoms with E-state index in [1.54, 1.807) is 13.2 Å². The van der Waals surface area contributed by atoms with Gasteiger partial charge in [0.1, 0.15) is 17.1 Å². The fourth-order valence-corrected chi connectivity index (χ4v) is 4.00. The largest absolute Gasteiger partial charge is 0.496 e. The van der Waals surface area contributed by atoms with Crippen molar-refractivity contribution in [2.45, 2.75) is 38.7 Å². The molecule has 0 bridgehead atoms. The van der Waals surface area contributed by atoms with Crippen LogP contribution in [0.2, 0.25) is 0 Å². The van der Waals surface area contributed by atoms with Crippen molar-refractivity contribution >= 4 is 5.78 Å². The third kappa shape index (κ3) is 3.23. The molecule has 0 aromatic heterocycles. The van der Waals surface area contributed by atoms with Gasteiger partial charge >= 0.3 is 0 Å². The van der Waals surface area contributed by atoms with E-state index in [0.29, 0.717) is 18.6 Å². The number of fused-ring (bicyclic) bond motifs is 1. The minimum atomic E-state index is -0.518. The summed E-state index contributed by atoms with van der Waals surface area (Å²) in [5.41, 5.74) is 1.83. The number of benzene rings is 1. The summed E-state index contributed by atoms with van der Waals surface area (Å²) in [4.78, 5) is 12.3. The average molecular weight is 342 g/mol. The van der Waals surface area contributed by atoms with Crippen molar-refractivity contribution in [3.05, 3.63) is 53.8 Å². The van der Waals surface area contributed by atoms with Crippen molar-refractivity contribution in [1.82, 2.24) is 0 Å². The van der Waals surface area contributed by atoms with Gasteiger partial charge in [0, 0.05) is 12.0 Å². The molecule has 0 N–H and O–H groups in total. The first-order valence-electron chi connectivity index (χ1n) is 8.77. The fourth-order valence-electron chi connectivity index (χ4n) is 4.00. The van der Waals surface area contributed by atoms with Gasteiger partial charge in [-0.2, -0.15) is 0 Å². The molecule has 1 saturated heterocycles. The third-order valence-electron chi connectivity index (χ3n) is 5.42. The zero-order chi connectivity index (χ0) is 18.0. The number of ketones is 1. The van der Waals surface area contributed by atoms with Gasteiger partial charge in [0.25, 0.3) is 0 Å². The maximum atomic E-state index is 12.3. The molecule has 3 rings (SSSR count). The second-order valence-electron chi connectivity index (χ2n) is 7.04. The monoisotopic (exact) mass is 342 g/mol. The van der Waals surface area contributed by atoms with Crippen LogP contribution in [-0.4, -0.2) is 25.3 Å². The molecule has 1 aromatic carbocycles. The first kappa shape index (κ1) is 17.7. The molecule has 1 aliphatic carbocycles. The van der Waals surface area contributed by atoms with Crippen LogP contribution in [0, 0.1) is 18.8 Å². The van der Waals surface area contributed by atoms with E-state index in [-0.39, 0.29) is 24.4 Å². The topological polar surface area (TPSA) is 44.8 Å². The maximum absolute atomic E-state index is 12.3. The molecule has 0 radical (unpaired) electrons.